The van der Waals surface area contributed by atoms with Gasteiger partial charge in [0.25, 0.3) is 0 Å². The normalized spacial score (nSPS) is 12.8. The molecule has 0 aliphatic heterocycles. The van der Waals surface area contributed by atoms with Gasteiger partial charge < -0.3 is 9.84 Å². The van der Waals surface area contributed by atoms with Gasteiger partial charge in [0, 0.05) is 0 Å². The molecule has 0 heterocycles. The van der Waals surface area contributed by atoms with Gasteiger partial charge in [-0.1, -0.05) is 45.6 Å². The van der Waals surface area contributed by atoms with Gasteiger partial charge in [0.15, 0.2) is 6.29 Å². The summed E-state index contributed by atoms with van der Waals surface area (Å²) in [5.74, 6) is 0. The molecule has 2 nitrogen and oxygen atoms in total. The predicted molar refractivity (Wildman–Crippen MR) is 55.5 cm³/mol. The van der Waals surface area contributed by atoms with E-state index in [1.54, 1.807) is 0 Å². The highest BCUT2D eigenvalue weighted by atomic mass is 16.6. The Bertz CT molecular complexity index is 113. The fraction of sp³-hybridized carbons (Fsp3) is 0.818. The summed E-state index contributed by atoms with van der Waals surface area (Å²) >= 11 is 0. The van der Waals surface area contributed by atoms with Crippen molar-refractivity contribution < 1.29 is 9.84 Å². The van der Waals surface area contributed by atoms with Crippen LogP contribution in [-0.2, 0) is 4.74 Å². The highest BCUT2D eigenvalue weighted by molar-refractivity contribution is 4.69. The third-order valence-corrected chi connectivity index (χ3v) is 1.99. The van der Waals surface area contributed by atoms with Gasteiger partial charge in [0.05, 0.1) is 6.61 Å². The molecule has 0 aliphatic carbocycles. The molecule has 0 rings (SSSR count). The van der Waals surface area contributed by atoms with Crippen LogP contribution in [0.3, 0.4) is 0 Å². The van der Waals surface area contributed by atoms with Crippen molar-refractivity contribution >= 4 is 0 Å². The summed E-state index contributed by atoms with van der Waals surface area (Å²) in [6.07, 6.45) is 8.06. The zero-order valence-corrected chi connectivity index (χ0v) is 8.67. The Kier molecular flexibility index (Phi) is 9.49. The maximum Gasteiger partial charge on any atom is 0.173 e. The maximum atomic E-state index is 8.96. The van der Waals surface area contributed by atoms with E-state index in [-0.39, 0.29) is 0 Å². The lowest BCUT2D eigenvalue weighted by molar-refractivity contribution is -0.0648. The number of aliphatic hydroxyl groups is 1. The SMILES string of the molecule is C=CC(O)OCCCCCCCC. The van der Waals surface area contributed by atoms with E-state index in [9.17, 15) is 0 Å². The summed E-state index contributed by atoms with van der Waals surface area (Å²) in [6.45, 7) is 6.28. The first kappa shape index (κ1) is 12.7. The summed E-state index contributed by atoms with van der Waals surface area (Å²) in [4.78, 5) is 0. The number of rotatable bonds is 9. The van der Waals surface area contributed by atoms with Gasteiger partial charge in [-0.3, -0.25) is 0 Å². The van der Waals surface area contributed by atoms with Crippen molar-refractivity contribution in [3.05, 3.63) is 12.7 Å². The molecule has 78 valence electrons. The van der Waals surface area contributed by atoms with E-state index < -0.39 is 6.29 Å². The van der Waals surface area contributed by atoms with E-state index in [1.165, 1.54) is 38.2 Å². The summed E-state index contributed by atoms with van der Waals surface area (Å²) < 4.78 is 5.04. The van der Waals surface area contributed by atoms with Crippen molar-refractivity contribution in [2.75, 3.05) is 6.61 Å². The van der Waals surface area contributed by atoms with Crippen LogP contribution >= 0.6 is 0 Å². The number of ether oxygens (including phenoxy) is 1. The highest BCUT2D eigenvalue weighted by Crippen LogP contribution is 2.05. The molecular weight excluding hydrogens is 164 g/mol. The Hall–Kier alpha value is -0.340. The minimum atomic E-state index is -0.782. The monoisotopic (exact) mass is 186 g/mol. The van der Waals surface area contributed by atoms with Gasteiger partial charge in [0.1, 0.15) is 0 Å². The van der Waals surface area contributed by atoms with E-state index in [4.69, 9.17) is 9.84 Å². The van der Waals surface area contributed by atoms with Crippen LogP contribution < -0.4 is 0 Å². The molecular formula is C11H22O2. The maximum absolute atomic E-state index is 8.96. The third-order valence-electron chi connectivity index (χ3n) is 1.99. The Morgan fingerprint density at radius 2 is 1.85 bits per heavy atom. The molecule has 0 aromatic carbocycles. The van der Waals surface area contributed by atoms with Crippen LogP contribution in [0.15, 0.2) is 12.7 Å². The minimum absolute atomic E-state index is 0.638. The number of hydrogen-bond donors (Lipinski definition) is 1. The topological polar surface area (TPSA) is 29.5 Å². The average molecular weight is 186 g/mol. The lowest BCUT2D eigenvalue weighted by Gasteiger charge is -2.06. The molecule has 0 radical (unpaired) electrons. The van der Waals surface area contributed by atoms with E-state index in [0.717, 1.165) is 6.42 Å². The molecule has 0 spiro atoms. The zero-order chi connectivity index (χ0) is 9.94. The molecule has 1 unspecified atom stereocenters. The fourth-order valence-electron chi connectivity index (χ4n) is 1.15. The van der Waals surface area contributed by atoms with Gasteiger partial charge in [0.2, 0.25) is 0 Å². The second-order valence-electron chi connectivity index (χ2n) is 3.26. The molecule has 0 saturated carbocycles. The molecule has 0 aromatic rings. The predicted octanol–water partition coefficient (Wildman–Crippen LogP) is 2.87. The molecule has 2 heteroatoms. The second kappa shape index (κ2) is 9.75. The third kappa shape index (κ3) is 9.57. The highest BCUT2D eigenvalue weighted by Gasteiger charge is 1.96. The molecule has 1 N–H and O–H groups in total. The van der Waals surface area contributed by atoms with Crippen LogP contribution in [0, 0.1) is 0 Å². The van der Waals surface area contributed by atoms with Gasteiger partial charge >= 0.3 is 0 Å². The summed E-state index contributed by atoms with van der Waals surface area (Å²) in [6, 6.07) is 0. The zero-order valence-electron chi connectivity index (χ0n) is 8.67. The van der Waals surface area contributed by atoms with Crippen LogP contribution in [0.2, 0.25) is 0 Å². The molecule has 13 heavy (non-hydrogen) atoms. The van der Waals surface area contributed by atoms with E-state index in [2.05, 4.69) is 13.5 Å². The van der Waals surface area contributed by atoms with Crippen molar-refractivity contribution in [1.82, 2.24) is 0 Å². The molecule has 0 amide bonds. The molecule has 0 bridgehead atoms. The van der Waals surface area contributed by atoms with E-state index in [0.29, 0.717) is 6.61 Å². The van der Waals surface area contributed by atoms with Gasteiger partial charge in [-0.2, -0.15) is 0 Å². The largest absolute Gasteiger partial charge is 0.365 e. The molecule has 1 atom stereocenters. The second-order valence-corrected chi connectivity index (χ2v) is 3.26. The molecule has 0 aromatic heterocycles. The Morgan fingerprint density at radius 1 is 1.23 bits per heavy atom. The van der Waals surface area contributed by atoms with Crippen LogP contribution in [0.5, 0.6) is 0 Å². The molecule has 0 fully saturated rings. The number of hydrogen-bond acceptors (Lipinski definition) is 2. The van der Waals surface area contributed by atoms with Crippen molar-refractivity contribution in [1.29, 1.82) is 0 Å². The Morgan fingerprint density at radius 3 is 2.46 bits per heavy atom. The quantitative estimate of drug-likeness (QED) is 0.341. The lowest BCUT2D eigenvalue weighted by Crippen LogP contribution is -2.08. The van der Waals surface area contributed by atoms with E-state index in [1.807, 2.05) is 0 Å². The van der Waals surface area contributed by atoms with Crippen molar-refractivity contribution in [3.63, 3.8) is 0 Å². The first-order chi connectivity index (χ1) is 6.31. The fourth-order valence-corrected chi connectivity index (χ4v) is 1.15. The smallest absolute Gasteiger partial charge is 0.173 e. The van der Waals surface area contributed by atoms with Crippen LogP contribution in [0.1, 0.15) is 45.4 Å². The first-order valence-electron chi connectivity index (χ1n) is 5.23. The van der Waals surface area contributed by atoms with Crippen LogP contribution in [0.4, 0.5) is 0 Å². The summed E-state index contributed by atoms with van der Waals surface area (Å²) in [5, 5.41) is 8.96. The van der Waals surface area contributed by atoms with Crippen molar-refractivity contribution in [3.8, 4) is 0 Å². The van der Waals surface area contributed by atoms with E-state index >= 15 is 0 Å². The van der Waals surface area contributed by atoms with Crippen LogP contribution in [0.25, 0.3) is 0 Å². The van der Waals surface area contributed by atoms with Crippen molar-refractivity contribution in [2.45, 2.75) is 51.7 Å². The van der Waals surface area contributed by atoms with Gasteiger partial charge in [-0.05, 0) is 12.5 Å². The average Bonchev–Trinajstić information content (AvgIpc) is 2.16. The first-order valence-corrected chi connectivity index (χ1v) is 5.23. The summed E-state index contributed by atoms with van der Waals surface area (Å²) in [5.41, 5.74) is 0. The van der Waals surface area contributed by atoms with Crippen molar-refractivity contribution in [2.24, 2.45) is 0 Å². The van der Waals surface area contributed by atoms with Gasteiger partial charge in [-0.15, -0.1) is 0 Å². The Labute approximate surface area is 81.6 Å². The number of aliphatic hydroxyl groups excluding tert-OH is 1. The van der Waals surface area contributed by atoms with Crippen LogP contribution in [-0.4, -0.2) is 18.0 Å². The summed E-state index contributed by atoms with van der Waals surface area (Å²) in [7, 11) is 0. The lowest BCUT2D eigenvalue weighted by atomic mass is 10.1. The molecule has 0 saturated heterocycles. The minimum Gasteiger partial charge on any atom is -0.365 e. The Balaban J connectivity index is 2.95. The molecule has 0 aliphatic rings. The number of unbranched alkanes of at least 4 members (excludes halogenated alkanes) is 5. The standard InChI is InChI=1S/C11H22O2/c1-3-5-6-7-8-9-10-13-11(12)4-2/h4,11-12H,2-3,5-10H2,1H3. The van der Waals surface area contributed by atoms with Gasteiger partial charge in [-0.25, -0.2) is 0 Å².